The van der Waals surface area contributed by atoms with Gasteiger partial charge in [0.25, 0.3) is 0 Å². The Morgan fingerprint density at radius 2 is 1.96 bits per heavy atom. The molecule has 1 heterocycles. The molecule has 0 atom stereocenters. The molecule has 0 saturated carbocycles. The molecule has 26 heavy (non-hydrogen) atoms. The van der Waals surface area contributed by atoms with E-state index in [4.69, 9.17) is 32.6 Å². The van der Waals surface area contributed by atoms with Crippen LogP contribution in [0.15, 0.2) is 64.3 Å². The fourth-order valence-electron chi connectivity index (χ4n) is 2.17. The number of halogens is 2. The number of carbonyl (C=O) groups excluding carboxylic acids is 1. The van der Waals surface area contributed by atoms with Crippen molar-refractivity contribution in [1.29, 1.82) is 0 Å². The normalized spacial score (nSPS) is 11.0. The maximum Gasteiger partial charge on any atom is 0.206 e. The highest BCUT2D eigenvalue weighted by molar-refractivity contribution is 6.35. The fourth-order valence-corrected chi connectivity index (χ4v) is 2.63. The highest BCUT2D eigenvalue weighted by Crippen LogP contribution is 2.22. The maximum atomic E-state index is 12.1. The summed E-state index contributed by atoms with van der Waals surface area (Å²) in [4.78, 5) is 17.2. The van der Waals surface area contributed by atoms with Crippen molar-refractivity contribution in [2.45, 2.75) is 13.0 Å². The number of carbonyl (C=O) groups is 1. The van der Waals surface area contributed by atoms with Crippen molar-refractivity contribution in [2.75, 3.05) is 0 Å². The predicted molar refractivity (Wildman–Crippen MR) is 101 cm³/mol. The van der Waals surface area contributed by atoms with Crippen molar-refractivity contribution in [2.24, 2.45) is 5.16 Å². The molecule has 0 spiro atoms. The molecule has 7 heteroatoms. The van der Waals surface area contributed by atoms with Gasteiger partial charge in [-0.2, -0.15) is 0 Å². The van der Waals surface area contributed by atoms with Crippen molar-refractivity contribution < 1.29 is 14.2 Å². The zero-order valence-corrected chi connectivity index (χ0v) is 15.1. The second-order valence-corrected chi connectivity index (χ2v) is 6.21. The monoisotopic (exact) mass is 388 g/mol. The summed E-state index contributed by atoms with van der Waals surface area (Å²) in [6.07, 6.45) is 1.41. The Labute approximate surface area is 160 Å². The minimum Gasteiger partial charge on any atom is -0.391 e. The molecule has 5 nitrogen and oxygen atoms in total. The van der Waals surface area contributed by atoms with E-state index in [0.29, 0.717) is 15.7 Å². The van der Waals surface area contributed by atoms with E-state index in [2.05, 4.69) is 10.3 Å². The molecule has 0 saturated heterocycles. The quantitative estimate of drug-likeness (QED) is 0.307. The minimum atomic E-state index is -0.239. The number of nitrogens with zero attached hydrogens (tertiary/aromatic N) is 2. The SMILES string of the molecule is O=C(C/C=N\OCc1ccc(Cl)cc1Cl)c1cc(-c2ccccc2)no1. The Morgan fingerprint density at radius 1 is 1.15 bits per heavy atom. The predicted octanol–water partition coefficient (Wildman–Crippen LogP) is 5.42. The molecule has 1 aromatic heterocycles. The summed E-state index contributed by atoms with van der Waals surface area (Å²) in [5, 5.41) is 8.72. The van der Waals surface area contributed by atoms with Gasteiger partial charge in [0.1, 0.15) is 12.3 Å². The average Bonchev–Trinajstić information content (AvgIpc) is 3.14. The average molecular weight is 389 g/mol. The summed E-state index contributed by atoms with van der Waals surface area (Å²) in [6.45, 7) is 0.182. The molecule has 0 aliphatic rings. The molecule has 0 amide bonds. The van der Waals surface area contributed by atoms with Gasteiger partial charge in [0.05, 0.1) is 12.6 Å². The van der Waals surface area contributed by atoms with Crippen LogP contribution >= 0.6 is 23.2 Å². The lowest BCUT2D eigenvalue weighted by molar-refractivity contribution is 0.0961. The number of oxime groups is 1. The highest BCUT2D eigenvalue weighted by atomic mass is 35.5. The molecule has 3 aromatic rings. The lowest BCUT2D eigenvalue weighted by Gasteiger charge is -2.02. The molecule has 0 fully saturated rings. The number of benzene rings is 2. The van der Waals surface area contributed by atoms with Crippen LogP contribution in [0.25, 0.3) is 11.3 Å². The van der Waals surface area contributed by atoms with E-state index >= 15 is 0 Å². The molecule has 0 aliphatic carbocycles. The minimum absolute atomic E-state index is 0.0395. The van der Waals surface area contributed by atoms with Gasteiger partial charge in [-0.15, -0.1) is 0 Å². The second kappa shape index (κ2) is 8.65. The van der Waals surface area contributed by atoms with Crippen LogP contribution in [-0.4, -0.2) is 17.2 Å². The van der Waals surface area contributed by atoms with Crippen LogP contribution in [0.2, 0.25) is 10.0 Å². The van der Waals surface area contributed by atoms with Gasteiger partial charge in [-0.05, 0) is 12.1 Å². The van der Waals surface area contributed by atoms with E-state index in [1.807, 2.05) is 30.3 Å². The molecule has 0 N–H and O–H groups in total. The smallest absolute Gasteiger partial charge is 0.206 e. The number of hydrogen-bond acceptors (Lipinski definition) is 5. The van der Waals surface area contributed by atoms with Crippen molar-refractivity contribution in [3.05, 3.63) is 76.0 Å². The van der Waals surface area contributed by atoms with Crippen LogP contribution in [0.1, 0.15) is 22.5 Å². The third-order valence-corrected chi connectivity index (χ3v) is 4.10. The molecule has 0 bridgehead atoms. The van der Waals surface area contributed by atoms with Gasteiger partial charge < -0.3 is 9.36 Å². The summed E-state index contributed by atoms with van der Waals surface area (Å²) >= 11 is 11.9. The Morgan fingerprint density at radius 3 is 2.73 bits per heavy atom. The zero-order chi connectivity index (χ0) is 18.4. The number of Topliss-reactive ketones (excluding diaryl/α,β-unsaturated/α-hetero) is 1. The van der Waals surface area contributed by atoms with E-state index in [9.17, 15) is 4.79 Å². The number of ketones is 1. The van der Waals surface area contributed by atoms with Crippen LogP contribution in [0, 0.1) is 0 Å². The Hall–Kier alpha value is -2.63. The van der Waals surface area contributed by atoms with Crippen molar-refractivity contribution >= 4 is 35.2 Å². The van der Waals surface area contributed by atoms with Crippen LogP contribution in [0.5, 0.6) is 0 Å². The molecule has 0 unspecified atom stereocenters. The Kier molecular flexibility index (Phi) is 6.04. The van der Waals surface area contributed by atoms with Crippen LogP contribution in [0.3, 0.4) is 0 Å². The van der Waals surface area contributed by atoms with Crippen LogP contribution in [-0.2, 0) is 11.4 Å². The van der Waals surface area contributed by atoms with Gasteiger partial charge in [0.2, 0.25) is 11.5 Å². The van der Waals surface area contributed by atoms with E-state index in [1.165, 1.54) is 6.21 Å². The molecule has 132 valence electrons. The van der Waals surface area contributed by atoms with E-state index in [1.54, 1.807) is 24.3 Å². The number of aromatic nitrogens is 1. The third-order valence-electron chi connectivity index (χ3n) is 3.52. The zero-order valence-electron chi connectivity index (χ0n) is 13.6. The maximum absolute atomic E-state index is 12.1. The van der Waals surface area contributed by atoms with Gasteiger partial charge in [0, 0.05) is 27.2 Å². The summed E-state index contributed by atoms with van der Waals surface area (Å²) in [5.41, 5.74) is 2.24. The second-order valence-electron chi connectivity index (χ2n) is 5.37. The molecular weight excluding hydrogens is 375 g/mol. The third kappa shape index (κ3) is 4.71. The summed E-state index contributed by atoms with van der Waals surface area (Å²) in [7, 11) is 0. The van der Waals surface area contributed by atoms with Gasteiger partial charge >= 0.3 is 0 Å². The van der Waals surface area contributed by atoms with E-state index in [-0.39, 0.29) is 24.6 Å². The van der Waals surface area contributed by atoms with E-state index in [0.717, 1.165) is 11.1 Å². The molecule has 3 rings (SSSR count). The standard InChI is InChI=1S/C19H14Cl2N2O3/c20-15-7-6-14(16(21)10-15)12-25-22-9-8-18(24)19-11-17(23-26-19)13-4-2-1-3-5-13/h1-7,9-11H,8,12H2/b22-9-. The number of rotatable bonds is 7. The molecule has 0 aliphatic heterocycles. The Balaban J connectivity index is 1.51. The van der Waals surface area contributed by atoms with Gasteiger partial charge in [-0.25, -0.2) is 0 Å². The first-order valence-corrected chi connectivity index (χ1v) is 8.52. The largest absolute Gasteiger partial charge is 0.391 e. The van der Waals surface area contributed by atoms with Crippen molar-refractivity contribution in [3.63, 3.8) is 0 Å². The van der Waals surface area contributed by atoms with Gasteiger partial charge in [0.15, 0.2) is 0 Å². The van der Waals surface area contributed by atoms with Crippen LogP contribution < -0.4 is 0 Å². The lowest BCUT2D eigenvalue weighted by atomic mass is 10.1. The molecule has 0 radical (unpaired) electrons. The molecule has 2 aromatic carbocycles. The molecular formula is C19H14Cl2N2O3. The van der Waals surface area contributed by atoms with Crippen molar-refractivity contribution in [1.82, 2.24) is 5.16 Å². The van der Waals surface area contributed by atoms with Gasteiger partial charge in [-0.3, -0.25) is 4.79 Å². The first-order chi connectivity index (χ1) is 12.6. The first-order valence-electron chi connectivity index (χ1n) is 7.76. The Bertz CT molecular complexity index is 924. The lowest BCUT2D eigenvalue weighted by Crippen LogP contribution is -1.98. The summed E-state index contributed by atoms with van der Waals surface area (Å²) in [6, 6.07) is 16.2. The number of hydrogen-bond donors (Lipinski definition) is 0. The van der Waals surface area contributed by atoms with Gasteiger partial charge in [-0.1, -0.05) is 69.9 Å². The topological polar surface area (TPSA) is 64.7 Å². The summed E-state index contributed by atoms with van der Waals surface area (Å²) < 4.78 is 5.10. The van der Waals surface area contributed by atoms with E-state index < -0.39 is 0 Å². The highest BCUT2D eigenvalue weighted by Gasteiger charge is 2.13. The first kappa shape index (κ1) is 18.2. The van der Waals surface area contributed by atoms with Crippen LogP contribution in [0.4, 0.5) is 0 Å². The van der Waals surface area contributed by atoms with Crippen molar-refractivity contribution in [3.8, 4) is 11.3 Å². The fraction of sp³-hybridized carbons (Fsp3) is 0.105. The summed E-state index contributed by atoms with van der Waals surface area (Å²) in [5.74, 6) is -0.0624.